The van der Waals surface area contributed by atoms with Crippen LogP contribution in [0.3, 0.4) is 0 Å². The lowest BCUT2D eigenvalue weighted by molar-refractivity contribution is -0.137. The molecule has 0 saturated carbocycles. The number of halogens is 3. The van der Waals surface area contributed by atoms with E-state index in [1.807, 2.05) is 0 Å². The summed E-state index contributed by atoms with van der Waals surface area (Å²) < 4.78 is 63.3. The SMILES string of the molecule is CS(=O)(=O)c1csc(-c2nc(Nc3ccc(N)cc3)ncc2C(F)(F)F)c1. The molecule has 0 amide bonds. The van der Waals surface area contributed by atoms with Gasteiger partial charge in [0.2, 0.25) is 5.95 Å². The molecule has 2 heterocycles. The molecular weight excluding hydrogens is 401 g/mol. The maximum Gasteiger partial charge on any atom is 0.420 e. The number of nitrogens with zero attached hydrogens (tertiary/aromatic N) is 2. The van der Waals surface area contributed by atoms with E-state index < -0.39 is 27.3 Å². The number of sulfone groups is 1. The summed E-state index contributed by atoms with van der Waals surface area (Å²) in [7, 11) is -3.54. The van der Waals surface area contributed by atoms with Gasteiger partial charge in [0.25, 0.3) is 0 Å². The first-order valence-electron chi connectivity index (χ1n) is 7.40. The molecule has 0 saturated heterocycles. The highest BCUT2D eigenvalue weighted by molar-refractivity contribution is 7.90. The fourth-order valence-corrected chi connectivity index (χ4v) is 4.19. The first-order chi connectivity index (χ1) is 12.5. The summed E-state index contributed by atoms with van der Waals surface area (Å²) in [5.41, 5.74) is 5.22. The van der Waals surface area contributed by atoms with Crippen molar-refractivity contribution in [2.24, 2.45) is 0 Å². The molecule has 3 rings (SSSR count). The summed E-state index contributed by atoms with van der Waals surface area (Å²) in [5.74, 6) is -0.0583. The highest BCUT2D eigenvalue weighted by Gasteiger charge is 2.36. The summed E-state index contributed by atoms with van der Waals surface area (Å²) in [4.78, 5) is 7.69. The summed E-state index contributed by atoms with van der Waals surface area (Å²) >= 11 is 0.863. The smallest absolute Gasteiger partial charge is 0.399 e. The summed E-state index contributed by atoms with van der Waals surface area (Å²) in [5, 5.41) is 4.08. The number of nitrogens with two attached hydrogens (primary N) is 1. The van der Waals surface area contributed by atoms with Crippen LogP contribution in [0.15, 0.2) is 46.8 Å². The van der Waals surface area contributed by atoms with Crippen LogP contribution in [0, 0.1) is 0 Å². The van der Waals surface area contributed by atoms with E-state index in [0.29, 0.717) is 17.6 Å². The number of hydrogen-bond donors (Lipinski definition) is 2. The van der Waals surface area contributed by atoms with E-state index in [1.54, 1.807) is 24.3 Å². The van der Waals surface area contributed by atoms with Crippen molar-refractivity contribution in [3.63, 3.8) is 0 Å². The zero-order valence-corrected chi connectivity index (χ0v) is 15.4. The number of nitrogens with one attached hydrogen (secondary N) is 1. The number of benzene rings is 1. The normalized spacial score (nSPS) is 12.1. The van der Waals surface area contributed by atoms with Crippen molar-refractivity contribution < 1.29 is 21.6 Å². The molecule has 2 aromatic heterocycles. The molecule has 0 atom stereocenters. The molecule has 6 nitrogen and oxygen atoms in total. The van der Waals surface area contributed by atoms with E-state index >= 15 is 0 Å². The molecule has 0 aliphatic carbocycles. The lowest BCUT2D eigenvalue weighted by Crippen LogP contribution is -2.10. The Bertz CT molecular complexity index is 1080. The van der Waals surface area contributed by atoms with Crippen molar-refractivity contribution in [2.45, 2.75) is 11.1 Å². The maximum absolute atomic E-state index is 13.3. The lowest BCUT2D eigenvalue weighted by atomic mass is 10.2. The highest BCUT2D eigenvalue weighted by atomic mass is 32.2. The number of hydrogen-bond acceptors (Lipinski definition) is 7. The molecule has 0 fully saturated rings. The zero-order valence-electron chi connectivity index (χ0n) is 13.8. The van der Waals surface area contributed by atoms with E-state index in [2.05, 4.69) is 15.3 Å². The van der Waals surface area contributed by atoms with Gasteiger partial charge in [-0.05, 0) is 30.3 Å². The van der Waals surface area contributed by atoms with Crippen molar-refractivity contribution >= 4 is 38.5 Å². The van der Waals surface area contributed by atoms with Crippen LogP contribution in [0.2, 0.25) is 0 Å². The van der Waals surface area contributed by atoms with Gasteiger partial charge < -0.3 is 11.1 Å². The Morgan fingerprint density at radius 3 is 2.41 bits per heavy atom. The molecule has 0 unspecified atom stereocenters. The second-order valence-corrected chi connectivity index (χ2v) is 8.55. The van der Waals surface area contributed by atoms with Gasteiger partial charge >= 0.3 is 6.18 Å². The van der Waals surface area contributed by atoms with E-state index in [9.17, 15) is 21.6 Å². The van der Waals surface area contributed by atoms with Crippen LogP contribution in [-0.2, 0) is 16.0 Å². The number of thiophene rings is 1. The molecule has 1 aromatic carbocycles. The molecular formula is C16H13F3N4O2S2. The van der Waals surface area contributed by atoms with Gasteiger partial charge in [-0.15, -0.1) is 11.3 Å². The van der Waals surface area contributed by atoms with Gasteiger partial charge in [-0.25, -0.2) is 18.4 Å². The molecule has 3 N–H and O–H groups in total. The molecule has 0 radical (unpaired) electrons. The fourth-order valence-electron chi connectivity index (χ4n) is 2.17. The van der Waals surface area contributed by atoms with Crippen molar-refractivity contribution in [2.75, 3.05) is 17.3 Å². The summed E-state index contributed by atoms with van der Waals surface area (Å²) in [6.07, 6.45) is -3.04. The lowest BCUT2D eigenvalue weighted by Gasteiger charge is -2.12. The van der Waals surface area contributed by atoms with Crippen LogP contribution in [-0.4, -0.2) is 24.6 Å². The highest BCUT2D eigenvalue weighted by Crippen LogP contribution is 2.39. The minimum absolute atomic E-state index is 0.0583. The predicted molar refractivity (Wildman–Crippen MR) is 97.6 cm³/mol. The van der Waals surface area contributed by atoms with E-state index in [0.717, 1.165) is 17.6 Å². The van der Waals surface area contributed by atoms with E-state index in [-0.39, 0.29) is 15.7 Å². The Kier molecular flexibility index (Phi) is 4.82. The zero-order chi connectivity index (χ0) is 19.8. The van der Waals surface area contributed by atoms with Crippen LogP contribution in [0.25, 0.3) is 10.6 Å². The molecule has 0 aliphatic rings. The van der Waals surface area contributed by atoms with Crippen LogP contribution in [0.4, 0.5) is 30.5 Å². The van der Waals surface area contributed by atoms with Gasteiger partial charge in [-0.1, -0.05) is 0 Å². The quantitative estimate of drug-likeness (QED) is 0.628. The third kappa shape index (κ3) is 4.37. The number of nitrogen functional groups attached to an aromatic ring is 1. The van der Waals surface area contributed by atoms with Gasteiger partial charge in [0, 0.05) is 29.2 Å². The number of aromatic nitrogens is 2. The largest absolute Gasteiger partial charge is 0.420 e. The Balaban J connectivity index is 2.06. The van der Waals surface area contributed by atoms with E-state index in [4.69, 9.17) is 5.73 Å². The second-order valence-electron chi connectivity index (χ2n) is 5.62. The second kappa shape index (κ2) is 6.82. The summed E-state index contributed by atoms with van der Waals surface area (Å²) in [6.45, 7) is 0. The van der Waals surface area contributed by atoms with E-state index in [1.165, 1.54) is 11.4 Å². The van der Waals surface area contributed by atoms with Crippen molar-refractivity contribution in [3.8, 4) is 10.6 Å². The average molecular weight is 414 g/mol. The first kappa shape index (κ1) is 19.1. The van der Waals surface area contributed by atoms with Gasteiger partial charge in [0.15, 0.2) is 9.84 Å². The Morgan fingerprint density at radius 1 is 1.19 bits per heavy atom. The molecule has 27 heavy (non-hydrogen) atoms. The monoisotopic (exact) mass is 414 g/mol. The molecule has 0 aliphatic heterocycles. The fraction of sp³-hybridized carbons (Fsp3) is 0.125. The van der Waals surface area contributed by atoms with Crippen LogP contribution >= 0.6 is 11.3 Å². The van der Waals surface area contributed by atoms with Crippen molar-refractivity contribution in [1.29, 1.82) is 0 Å². The molecule has 142 valence electrons. The van der Waals surface area contributed by atoms with Crippen LogP contribution in [0.1, 0.15) is 5.56 Å². The first-order valence-corrected chi connectivity index (χ1v) is 10.2. The standard InChI is InChI=1S/C16H13F3N4O2S2/c1-27(24,25)11-6-13(26-8-11)14-12(16(17,18)19)7-21-15(23-14)22-10-4-2-9(20)3-5-10/h2-8H,20H2,1H3,(H,21,22,23). The molecule has 3 aromatic rings. The minimum Gasteiger partial charge on any atom is -0.399 e. The predicted octanol–water partition coefficient (Wildman–Crippen LogP) is 3.95. The number of anilines is 3. The third-order valence-electron chi connectivity index (χ3n) is 3.50. The molecule has 0 bridgehead atoms. The maximum atomic E-state index is 13.3. The Morgan fingerprint density at radius 2 is 1.85 bits per heavy atom. The van der Waals surface area contributed by atoms with Crippen molar-refractivity contribution in [3.05, 3.63) is 47.5 Å². The average Bonchev–Trinajstić information content (AvgIpc) is 3.06. The van der Waals surface area contributed by atoms with Crippen LogP contribution in [0.5, 0.6) is 0 Å². The van der Waals surface area contributed by atoms with Gasteiger partial charge in [0.1, 0.15) is 5.56 Å². The van der Waals surface area contributed by atoms with Crippen LogP contribution < -0.4 is 11.1 Å². The number of alkyl halides is 3. The van der Waals surface area contributed by atoms with Gasteiger partial charge in [-0.2, -0.15) is 13.2 Å². The van der Waals surface area contributed by atoms with Gasteiger partial charge in [0.05, 0.1) is 15.5 Å². The Labute approximate surface area is 156 Å². The summed E-state index contributed by atoms with van der Waals surface area (Å²) in [6, 6.07) is 7.66. The van der Waals surface area contributed by atoms with Gasteiger partial charge in [-0.3, -0.25) is 0 Å². The molecule has 0 spiro atoms. The number of rotatable bonds is 4. The third-order valence-corrected chi connectivity index (χ3v) is 5.68. The molecule has 11 heteroatoms. The van der Waals surface area contributed by atoms with Crippen molar-refractivity contribution in [1.82, 2.24) is 9.97 Å². The topological polar surface area (TPSA) is 98.0 Å². The Hall–Kier alpha value is -2.66. The minimum atomic E-state index is -4.69.